The van der Waals surface area contributed by atoms with E-state index in [2.05, 4.69) is 15.3 Å². The van der Waals surface area contributed by atoms with Crippen molar-refractivity contribution in [2.45, 2.75) is 104 Å². The quantitative estimate of drug-likeness (QED) is 0.172. The Morgan fingerprint density at radius 1 is 0.860 bits per heavy atom. The van der Waals surface area contributed by atoms with E-state index in [9.17, 15) is 43.5 Å². The first-order chi connectivity index (χ1) is 27.1. The van der Waals surface area contributed by atoms with E-state index in [1.165, 1.54) is 23.5 Å². The first-order valence-electron chi connectivity index (χ1n) is 20.2. The maximum atomic E-state index is 14.6. The molecule has 2 saturated heterocycles. The van der Waals surface area contributed by atoms with Gasteiger partial charge in [0, 0.05) is 63.1 Å². The fourth-order valence-electron chi connectivity index (χ4n) is 8.02. The van der Waals surface area contributed by atoms with Crippen LogP contribution in [0.25, 0.3) is 0 Å². The number of nitrogens with zero attached hydrogens (tertiary/aromatic N) is 4. The topological polar surface area (TPSA) is 201 Å². The van der Waals surface area contributed by atoms with Gasteiger partial charge in [0.15, 0.2) is 17.3 Å². The van der Waals surface area contributed by atoms with Crippen LogP contribution in [-0.4, -0.2) is 103 Å². The molecule has 308 valence electrons. The van der Waals surface area contributed by atoms with Crippen LogP contribution in [0, 0.1) is 35.5 Å². The van der Waals surface area contributed by atoms with Gasteiger partial charge in [0.25, 0.3) is 5.91 Å². The Kier molecular flexibility index (Phi) is 16.3. The number of likely N-dealkylation sites (tertiary alicyclic amines) is 2. The van der Waals surface area contributed by atoms with Crippen LogP contribution in [0.15, 0.2) is 48.9 Å². The molecule has 2 fully saturated rings. The molecule has 2 aromatic rings. The van der Waals surface area contributed by atoms with E-state index in [-0.39, 0.29) is 61.4 Å². The molecule has 1 aromatic carbocycles. The molecule has 2 aliphatic rings. The molecular weight excluding hydrogens is 730 g/mol. The first-order valence-corrected chi connectivity index (χ1v) is 20.2. The van der Waals surface area contributed by atoms with Crippen molar-refractivity contribution >= 4 is 46.8 Å². The standard InChI is InChI=1S/C43H57N5O9/c1-6-12-29(39(52)36(51)23-30(43(56)57)21-28-13-8-7-9-14-28)22-35(50)38-31(41(54)47-18-10-11-19-47)15-20-48(38)42(55)32(26(2)3)24-34(49)37(27(4)5)46-40(53)33-25-44-16-17-45-33/h7-9,13-14,16-17,25-27,29-32,37-38H,6,10-12,15,18-24H2,1-5H3,(H,46,53)(H,56,57)/t29?,30-,31+,32+,37+,38+/m1/s1. The first kappa shape index (κ1) is 44.6. The third-order valence-electron chi connectivity index (χ3n) is 11.2. The lowest BCUT2D eigenvalue weighted by Gasteiger charge is -2.33. The third kappa shape index (κ3) is 11.7. The lowest BCUT2D eigenvalue weighted by atomic mass is 9.82. The van der Waals surface area contributed by atoms with Gasteiger partial charge in [-0.1, -0.05) is 71.4 Å². The van der Waals surface area contributed by atoms with E-state index in [1.54, 1.807) is 69.9 Å². The Labute approximate surface area is 334 Å². The largest absolute Gasteiger partial charge is 0.481 e. The van der Waals surface area contributed by atoms with Crippen LogP contribution in [-0.2, 0) is 40.0 Å². The van der Waals surface area contributed by atoms with Crippen molar-refractivity contribution in [1.29, 1.82) is 0 Å². The Balaban J connectivity index is 1.57. The molecule has 0 saturated carbocycles. The van der Waals surface area contributed by atoms with Gasteiger partial charge in [-0.2, -0.15) is 0 Å². The number of amides is 3. The third-order valence-corrected chi connectivity index (χ3v) is 11.2. The molecule has 1 unspecified atom stereocenters. The number of Topliss-reactive ketones (excluding diaryl/α,β-unsaturated/α-hetero) is 4. The molecule has 4 rings (SSSR count). The predicted octanol–water partition coefficient (Wildman–Crippen LogP) is 4.15. The summed E-state index contributed by atoms with van der Waals surface area (Å²) in [7, 11) is 0. The number of benzene rings is 1. The Morgan fingerprint density at radius 2 is 1.54 bits per heavy atom. The monoisotopic (exact) mass is 787 g/mol. The molecule has 3 amide bonds. The smallest absolute Gasteiger partial charge is 0.307 e. The summed E-state index contributed by atoms with van der Waals surface area (Å²) in [4.78, 5) is 120. The highest BCUT2D eigenvalue weighted by atomic mass is 16.4. The molecule has 2 N–H and O–H groups in total. The normalized spacial score (nSPS) is 18.9. The molecule has 3 heterocycles. The lowest BCUT2D eigenvalue weighted by molar-refractivity contribution is -0.148. The van der Waals surface area contributed by atoms with E-state index in [4.69, 9.17) is 0 Å². The van der Waals surface area contributed by atoms with Crippen molar-refractivity contribution in [3.8, 4) is 0 Å². The zero-order valence-corrected chi connectivity index (χ0v) is 33.7. The Bertz CT molecular complexity index is 1760. The predicted molar refractivity (Wildman–Crippen MR) is 209 cm³/mol. The van der Waals surface area contributed by atoms with Gasteiger partial charge in [-0.15, -0.1) is 0 Å². The molecule has 1 aromatic heterocycles. The van der Waals surface area contributed by atoms with Crippen LogP contribution >= 0.6 is 0 Å². The summed E-state index contributed by atoms with van der Waals surface area (Å²) in [6.45, 7) is 10.1. The lowest BCUT2D eigenvalue weighted by Crippen LogP contribution is -2.51. The van der Waals surface area contributed by atoms with Crippen molar-refractivity contribution in [2.75, 3.05) is 19.6 Å². The van der Waals surface area contributed by atoms with E-state index in [0.717, 1.165) is 12.8 Å². The minimum atomic E-state index is -1.22. The van der Waals surface area contributed by atoms with Crippen molar-refractivity contribution in [3.05, 3.63) is 60.2 Å². The van der Waals surface area contributed by atoms with Crippen molar-refractivity contribution < 1.29 is 43.5 Å². The van der Waals surface area contributed by atoms with E-state index >= 15 is 0 Å². The summed E-state index contributed by atoms with van der Waals surface area (Å²) in [5.74, 6) is -9.78. The van der Waals surface area contributed by atoms with Crippen molar-refractivity contribution in [3.63, 3.8) is 0 Å². The molecule has 0 radical (unpaired) electrons. The average Bonchev–Trinajstić information content (AvgIpc) is 3.90. The highest BCUT2D eigenvalue weighted by Crippen LogP contribution is 2.34. The Hall–Kier alpha value is -5.14. The molecule has 14 heteroatoms. The number of rotatable bonds is 21. The van der Waals surface area contributed by atoms with Crippen molar-refractivity contribution in [1.82, 2.24) is 25.1 Å². The van der Waals surface area contributed by atoms with Gasteiger partial charge in [0.2, 0.25) is 17.6 Å². The fraction of sp³-hybridized carbons (Fsp3) is 0.581. The number of carboxylic acids is 1. The summed E-state index contributed by atoms with van der Waals surface area (Å²) < 4.78 is 0. The van der Waals surface area contributed by atoms with E-state index < -0.39 is 83.7 Å². The van der Waals surface area contributed by atoms with Crippen LogP contribution in [0.2, 0.25) is 0 Å². The van der Waals surface area contributed by atoms with Crippen LogP contribution < -0.4 is 5.32 Å². The van der Waals surface area contributed by atoms with Gasteiger partial charge in [0.1, 0.15) is 11.7 Å². The molecule has 2 aliphatic heterocycles. The average molecular weight is 788 g/mol. The highest BCUT2D eigenvalue weighted by Gasteiger charge is 2.49. The second-order valence-corrected chi connectivity index (χ2v) is 16.1. The zero-order valence-electron chi connectivity index (χ0n) is 33.7. The molecule has 57 heavy (non-hydrogen) atoms. The summed E-state index contributed by atoms with van der Waals surface area (Å²) in [5, 5.41) is 12.6. The van der Waals surface area contributed by atoms with E-state index in [0.29, 0.717) is 25.1 Å². The van der Waals surface area contributed by atoms with E-state index in [1.807, 2.05) is 0 Å². The fourth-order valence-corrected chi connectivity index (χ4v) is 8.02. The molecule has 0 bridgehead atoms. The highest BCUT2D eigenvalue weighted by molar-refractivity contribution is 6.38. The van der Waals surface area contributed by atoms with Gasteiger partial charge in [-0.05, 0) is 49.5 Å². The minimum Gasteiger partial charge on any atom is -0.481 e. The summed E-state index contributed by atoms with van der Waals surface area (Å²) in [6.07, 6.45) is 5.45. The number of nitrogens with one attached hydrogen (secondary N) is 1. The molecule has 6 atom stereocenters. The molecule has 0 aliphatic carbocycles. The molecule has 0 spiro atoms. The number of hydrogen-bond donors (Lipinski definition) is 2. The Morgan fingerprint density at radius 3 is 2.12 bits per heavy atom. The summed E-state index contributed by atoms with van der Waals surface area (Å²) >= 11 is 0. The van der Waals surface area contributed by atoms with Crippen molar-refractivity contribution in [2.24, 2.45) is 35.5 Å². The number of ketones is 4. The zero-order chi connectivity index (χ0) is 41.8. The number of hydrogen-bond acceptors (Lipinski definition) is 10. The van der Waals surface area contributed by atoms with Crippen LogP contribution in [0.5, 0.6) is 0 Å². The number of carboxylic acid groups (broad SMARTS) is 1. The minimum absolute atomic E-state index is 0.0371. The van der Waals surface area contributed by atoms with Gasteiger partial charge >= 0.3 is 5.97 Å². The molecular formula is C43H57N5O9. The van der Waals surface area contributed by atoms with Crippen LogP contribution in [0.4, 0.5) is 0 Å². The SMILES string of the molecule is CCCC(CC(=O)[C@@H]1[C@@H](C(=O)N2CCCC2)CCN1C(=O)[C@@H](CC(=O)[C@@H](NC(=O)c1cnccn1)C(C)C)C(C)C)C(=O)C(=O)C[C@@H](Cc1ccccc1)C(=O)O. The second kappa shape index (κ2) is 20.9. The summed E-state index contributed by atoms with van der Waals surface area (Å²) in [5.41, 5.74) is 0.744. The number of carbonyl (C=O) groups excluding carboxylic acids is 7. The maximum Gasteiger partial charge on any atom is 0.307 e. The van der Waals surface area contributed by atoms with Gasteiger partial charge < -0.3 is 20.2 Å². The van der Waals surface area contributed by atoms with Gasteiger partial charge in [-0.25, -0.2) is 4.98 Å². The van der Waals surface area contributed by atoms with Gasteiger partial charge in [0.05, 0.1) is 24.1 Å². The van der Waals surface area contributed by atoms with Crippen LogP contribution in [0.3, 0.4) is 0 Å². The van der Waals surface area contributed by atoms with Crippen LogP contribution in [0.1, 0.15) is 102 Å². The molecule has 14 nitrogen and oxygen atoms in total. The number of aromatic nitrogens is 2. The van der Waals surface area contributed by atoms with Gasteiger partial charge in [-0.3, -0.25) is 43.3 Å². The number of carbonyl (C=O) groups is 8. The summed E-state index contributed by atoms with van der Waals surface area (Å²) in [6, 6.07) is 6.64. The maximum absolute atomic E-state index is 14.6. The number of aliphatic carboxylic acids is 1. The second-order valence-electron chi connectivity index (χ2n) is 16.1.